The van der Waals surface area contributed by atoms with Crippen LogP contribution in [0.5, 0.6) is 0 Å². The summed E-state index contributed by atoms with van der Waals surface area (Å²) in [6.45, 7) is 0.625. The van der Waals surface area contributed by atoms with E-state index in [0.29, 0.717) is 17.9 Å². The van der Waals surface area contributed by atoms with Crippen molar-refractivity contribution in [1.82, 2.24) is 19.0 Å². The van der Waals surface area contributed by atoms with Crippen molar-refractivity contribution >= 4 is 21.9 Å². The molecule has 1 fully saturated rings. The van der Waals surface area contributed by atoms with Gasteiger partial charge in [-0.05, 0) is 6.42 Å². The number of anilines is 1. The van der Waals surface area contributed by atoms with Gasteiger partial charge in [-0.3, -0.25) is 10.00 Å². The van der Waals surface area contributed by atoms with E-state index >= 15 is 0 Å². The lowest BCUT2D eigenvalue weighted by atomic mass is 10.1. The number of nitrogens with zero attached hydrogens (tertiary/aromatic N) is 4. The fraction of sp³-hybridized carbons (Fsp3) is 0.714. The number of aromatic nitrogens is 2. The van der Waals surface area contributed by atoms with Crippen molar-refractivity contribution in [3.05, 3.63) is 11.8 Å². The van der Waals surface area contributed by atoms with Gasteiger partial charge in [-0.25, -0.2) is 17.5 Å². The first-order valence-electron chi connectivity index (χ1n) is 7.94. The summed E-state index contributed by atoms with van der Waals surface area (Å²) in [6, 6.07) is 0.824. The van der Waals surface area contributed by atoms with Gasteiger partial charge in [0.2, 0.25) is 10.0 Å². The molecule has 0 bridgehead atoms. The molecule has 1 aromatic heterocycles. The zero-order valence-electron chi connectivity index (χ0n) is 14.9. The smallest absolute Gasteiger partial charge is 0.322 e. The molecular weight excluding hydrogens is 375 g/mol. The van der Waals surface area contributed by atoms with E-state index in [4.69, 9.17) is 0 Å². The third kappa shape index (κ3) is 3.95. The van der Waals surface area contributed by atoms with E-state index in [1.54, 1.807) is 13.1 Å². The minimum absolute atomic E-state index is 0.328. The summed E-state index contributed by atoms with van der Waals surface area (Å²) < 4.78 is 66.7. The first kappa shape index (κ1) is 20.5. The Hall–Kier alpha value is -1.82. The Morgan fingerprint density at radius 3 is 2.46 bits per heavy atom. The van der Waals surface area contributed by atoms with Crippen LogP contribution >= 0.6 is 0 Å². The number of carbonyl (C=O) groups excluding carboxylic acids is 1. The van der Waals surface area contributed by atoms with Crippen molar-refractivity contribution in [1.29, 1.82) is 0 Å². The fourth-order valence-corrected chi connectivity index (χ4v) is 4.40. The van der Waals surface area contributed by atoms with Crippen LogP contribution in [-0.2, 0) is 23.5 Å². The maximum atomic E-state index is 13.3. The number of carbonyl (C=O) groups is 1. The Balaban J connectivity index is 2.22. The maximum Gasteiger partial charge on any atom is 0.394 e. The third-order valence-corrected chi connectivity index (χ3v) is 6.65. The molecule has 0 radical (unpaired) electrons. The van der Waals surface area contributed by atoms with Gasteiger partial charge in [-0.1, -0.05) is 6.92 Å². The molecule has 2 heterocycles. The number of sulfonamides is 1. The normalized spacial score (nSPS) is 21.5. The van der Waals surface area contributed by atoms with Crippen molar-refractivity contribution < 1.29 is 26.4 Å². The number of urea groups is 1. The highest BCUT2D eigenvalue weighted by Crippen LogP contribution is 2.37. The Labute approximate surface area is 150 Å². The van der Waals surface area contributed by atoms with E-state index in [9.17, 15) is 26.4 Å². The lowest BCUT2D eigenvalue weighted by Gasteiger charge is -2.23. The number of rotatable bonds is 4. The predicted octanol–water partition coefficient (Wildman–Crippen LogP) is 1.27. The van der Waals surface area contributed by atoms with Gasteiger partial charge in [-0.2, -0.15) is 18.3 Å². The number of likely N-dealkylation sites (tertiary alicyclic amines) is 1. The minimum Gasteiger partial charge on any atom is -0.322 e. The van der Waals surface area contributed by atoms with Gasteiger partial charge in [0.15, 0.2) is 0 Å². The van der Waals surface area contributed by atoms with Crippen molar-refractivity contribution in [3.8, 4) is 0 Å². The van der Waals surface area contributed by atoms with Crippen LogP contribution in [-0.4, -0.2) is 72.0 Å². The second-order valence-electron chi connectivity index (χ2n) is 6.35. The van der Waals surface area contributed by atoms with Gasteiger partial charge < -0.3 is 4.90 Å². The van der Waals surface area contributed by atoms with Gasteiger partial charge in [0, 0.05) is 40.3 Å². The SMILES string of the molecule is CCc1cc(NC(=O)N2C[C@H](C(F)(F)F)[C@@H](S(=O)(=O)N(C)C)C2)n(C)n1. The lowest BCUT2D eigenvalue weighted by Crippen LogP contribution is -2.43. The van der Waals surface area contributed by atoms with Gasteiger partial charge in [0.25, 0.3) is 0 Å². The molecule has 1 aliphatic heterocycles. The van der Waals surface area contributed by atoms with E-state index in [1.807, 2.05) is 6.92 Å². The van der Waals surface area contributed by atoms with E-state index in [2.05, 4.69) is 10.4 Å². The molecule has 1 aromatic rings. The van der Waals surface area contributed by atoms with Gasteiger partial charge in [-0.15, -0.1) is 0 Å². The zero-order valence-corrected chi connectivity index (χ0v) is 15.7. The Morgan fingerprint density at radius 1 is 1.38 bits per heavy atom. The van der Waals surface area contributed by atoms with Gasteiger partial charge >= 0.3 is 12.2 Å². The fourth-order valence-electron chi connectivity index (χ4n) is 2.83. The molecule has 12 heteroatoms. The molecule has 0 unspecified atom stereocenters. The molecular formula is C14H22F3N5O3S. The highest BCUT2D eigenvalue weighted by Gasteiger charge is 2.56. The number of alkyl halides is 3. The number of amides is 2. The quantitative estimate of drug-likeness (QED) is 0.829. The van der Waals surface area contributed by atoms with Crippen LogP contribution in [0.15, 0.2) is 6.07 Å². The topological polar surface area (TPSA) is 87.5 Å². The Morgan fingerprint density at radius 2 is 2.00 bits per heavy atom. The van der Waals surface area contributed by atoms with Gasteiger partial charge in [0.1, 0.15) is 11.1 Å². The van der Waals surface area contributed by atoms with Crippen molar-refractivity contribution in [2.24, 2.45) is 13.0 Å². The Kier molecular flexibility index (Phi) is 5.57. The number of aryl methyl sites for hydroxylation is 2. The first-order chi connectivity index (χ1) is 11.9. The highest BCUT2D eigenvalue weighted by molar-refractivity contribution is 7.89. The van der Waals surface area contributed by atoms with Crippen molar-refractivity contribution in [2.75, 3.05) is 32.5 Å². The number of hydrogen-bond acceptors (Lipinski definition) is 4. The summed E-state index contributed by atoms with van der Waals surface area (Å²) in [6.07, 6.45) is -4.10. The molecule has 2 atom stereocenters. The summed E-state index contributed by atoms with van der Waals surface area (Å²) in [5.41, 5.74) is 0.713. The Bertz CT molecular complexity index is 775. The highest BCUT2D eigenvalue weighted by atomic mass is 32.2. The molecule has 148 valence electrons. The summed E-state index contributed by atoms with van der Waals surface area (Å²) in [4.78, 5) is 13.3. The summed E-state index contributed by atoms with van der Waals surface area (Å²) >= 11 is 0. The first-order valence-corrected chi connectivity index (χ1v) is 9.45. The van der Waals surface area contributed by atoms with E-state index in [0.717, 1.165) is 9.21 Å². The third-order valence-electron chi connectivity index (χ3n) is 4.39. The number of hydrogen-bond donors (Lipinski definition) is 1. The van der Waals surface area contributed by atoms with Crippen LogP contribution in [0.2, 0.25) is 0 Å². The second kappa shape index (κ2) is 7.06. The largest absolute Gasteiger partial charge is 0.394 e. The van der Waals surface area contributed by atoms with Crippen LogP contribution in [0.4, 0.5) is 23.8 Å². The molecule has 0 spiro atoms. The summed E-state index contributed by atoms with van der Waals surface area (Å²) in [5, 5.41) is 4.90. The monoisotopic (exact) mass is 397 g/mol. The number of halogens is 3. The lowest BCUT2D eigenvalue weighted by molar-refractivity contribution is -0.169. The average molecular weight is 397 g/mol. The van der Waals surface area contributed by atoms with Crippen LogP contribution in [0.1, 0.15) is 12.6 Å². The van der Waals surface area contributed by atoms with Crippen molar-refractivity contribution in [2.45, 2.75) is 24.8 Å². The minimum atomic E-state index is -4.73. The van der Waals surface area contributed by atoms with Crippen molar-refractivity contribution in [3.63, 3.8) is 0 Å². The molecule has 2 rings (SSSR count). The van der Waals surface area contributed by atoms with Crippen LogP contribution in [0.3, 0.4) is 0 Å². The van der Waals surface area contributed by atoms with Crippen LogP contribution in [0.25, 0.3) is 0 Å². The summed E-state index contributed by atoms with van der Waals surface area (Å²) in [7, 11) is -0.240. The summed E-state index contributed by atoms with van der Waals surface area (Å²) in [5.74, 6) is -1.81. The number of nitrogens with one attached hydrogen (secondary N) is 1. The van der Waals surface area contributed by atoms with E-state index in [-0.39, 0.29) is 0 Å². The second-order valence-corrected chi connectivity index (χ2v) is 8.71. The molecule has 8 nitrogen and oxygen atoms in total. The molecule has 0 saturated carbocycles. The predicted molar refractivity (Wildman–Crippen MR) is 89.1 cm³/mol. The van der Waals surface area contributed by atoms with Crippen LogP contribution < -0.4 is 5.32 Å². The standard InChI is InChI=1S/C14H22F3N5O3S/c1-5-9-6-12(21(4)19-9)18-13(23)22-7-10(14(15,16)17)11(8-22)26(24,25)20(2)3/h6,10-11H,5,7-8H2,1-4H3,(H,18,23)/t10-,11-/m0/s1. The molecule has 1 saturated heterocycles. The average Bonchev–Trinajstić information content (AvgIpc) is 3.11. The zero-order chi connectivity index (χ0) is 19.9. The molecule has 1 N–H and O–H groups in total. The molecule has 2 amide bonds. The van der Waals surface area contributed by atoms with Crippen LogP contribution in [0, 0.1) is 5.92 Å². The molecule has 26 heavy (non-hydrogen) atoms. The molecule has 1 aliphatic rings. The van der Waals surface area contributed by atoms with E-state index < -0.39 is 46.5 Å². The molecule has 0 aliphatic carbocycles. The maximum absolute atomic E-state index is 13.3. The van der Waals surface area contributed by atoms with Gasteiger partial charge in [0.05, 0.1) is 11.6 Å². The molecule has 0 aromatic carbocycles. The van der Waals surface area contributed by atoms with E-state index in [1.165, 1.54) is 18.8 Å².